The van der Waals surface area contributed by atoms with Gasteiger partial charge in [0.15, 0.2) is 11.0 Å². The maximum absolute atomic E-state index is 12.5. The fraction of sp³-hybridized carbons (Fsp3) is 0.353. The van der Waals surface area contributed by atoms with Gasteiger partial charge in [-0.1, -0.05) is 23.2 Å². The molecule has 1 fully saturated rings. The Balaban J connectivity index is 1.55. The molecule has 10 heteroatoms. The fourth-order valence-corrected chi connectivity index (χ4v) is 3.19. The quantitative estimate of drug-likeness (QED) is 0.789. The van der Waals surface area contributed by atoms with E-state index in [1.54, 1.807) is 12.1 Å². The minimum absolute atomic E-state index is 0.00392. The van der Waals surface area contributed by atoms with E-state index in [4.69, 9.17) is 23.2 Å². The highest BCUT2D eigenvalue weighted by atomic mass is 35.5. The van der Waals surface area contributed by atoms with Crippen molar-refractivity contribution >= 4 is 40.6 Å². The van der Waals surface area contributed by atoms with Crippen LogP contribution in [0.1, 0.15) is 12.8 Å². The van der Waals surface area contributed by atoms with Crippen LogP contribution in [0, 0.1) is 5.92 Å². The first-order valence-electron chi connectivity index (χ1n) is 8.22. The molecule has 1 N–H and O–H groups in total. The summed E-state index contributed by atoms with van der Waals surface area (Å²) < 4.78 is 28.8. The lowest BCUT2D eigenvalue weighted by Gasteiger charge is -2.31. The number of anilines is 2. The number of carbonyl (C=O) groups is 1. The first-order chi connectivity index (χ1) is 12.9. The zero-order valence-electron chi connectivity index (χ0n) is 14.0. The van der Waals surface area contributed by atoms with Gasteiger partial charge in [-0.25, -0.2) is 0 Å². The first kappa shape index (κ1) is 19.6. The summed E-state index contributed by atoms with van der Waals surface area (Å²) in [6, 6.07) is 7.62. The van der Waals surface area contributed by atoms with Gasteiger partial charge in [0.25, 0.3) is 0 Å². The highest BCUT2D eigenvalue weighted by molar-refractivity contribution is 6.32. The molecule has 1 amide bonds. The zero-order valence-corrected chi connectivity index (χ0v) is 15.6. The molecule has 1 aromatic carbocycles. The number of piperidine rings is 1. The van der Waals surface area contributed by atoms with Crippen LogP contribution in [-0.4, -0.2) is 35.8 Å². The van der Waals surface area contributed by atoms with Crippen molar-refractivity contribution in [1.82, 2.24) is 10.2 Å². The number of aromatic nitrogens is 2. The maximum Gasteiger partial charge on any atom is 0.387 e. The Bertz CT molecular complexity index is 800. The van der Waals surface area contributed by atoms with E-state index in [2.05, 4.69) is 20.3 Å². The van der Waals surface area contributed by atoms with Gasteiger partial charge in [0.05, 0.1) is 5.02 Å². The number of hydrogen-bond acceptors (Lipinski definition) is 5. The van der Waals surface area contributed by atoms with Crippen LogP contribution in [0.4, 0.5) is 20.3 Å². The molecule has 1 aromatic heterocycles. The Labute approximate surface area is 164 Å². The van der Waals surface area contributed by atoms with Gasteiger partial charge in [0.2, 0.25) is 5.91 Å². The van der Waals surface area contributed by atoms with Gasteiger partial charge in [0, 0.05) is 24.7 Å². The van der Waals surface area contributed by atoms with Crippen LogP contribution in [0.2, 0.25) is 10.2 Å². The Morgan fingerprint density at radius 3 is 2.52 bits per heavy atom. The molecule has 0 bridgehead atoms. The van der Waals surface area contributed by atoms with Crippen LogP contribution in [0.15, 0.2) is 30.3 Å². The number of alkyl halides is 2. The summed E-state index contributed by atoms with van der Waals surface area (Å²) in [5, 5.41) is 11.0. The fourth-order valence-electron chi connectivity index (χ4n) is 2.86. The summed E-state index contributed by atoms with van der Waals surface area (Å²) in [4.78, 5) is 14.5. The molecule has 144 valence electrons. The molecule has 0 saturated carbocycles. The molecule has 0 atom stereocenters. The summed E-state index contributed by atoms with van der Waals surface area (Å²) in [5.74, 6) is 0.273. The van der Waals surface area contributed by atoms with Gasteiger partial charge < -0.3 is 15.0 Å². The van der Waals surface area contributed by atoms with E-state index in [0.29, 0.717) is 36.8 Å². The van der Waals surface area contributed by atoms with Crippen molar-refractivity contribution in [3.05, 3.63) is 40.5 Å². The van der Waals surface area contributed by atoms with E-state index >= 15 is 0 Å². The van der Waals surface area contributed by atoms with Gasteiger partial charge in [-0.2, -0.15) is 8.78 Å². The average molecular weight is 417 g/mol. The second kappa shape index (κ2) is 8.67. The minimum Gasteiger partial charge on any atom is -0.433 e. The highest BCUT2D eigenvalue weighted by Gasteiger charge is 2.26. The van der Waals surface area contributed by atoms with E-state index in [-0.39, 0.29) is 22.6 Å². The van der Waals surface area contributed by atoms with Gasteiger partial charge in [-0.15, -0.1) is 10.2 Å². The number of amides is 1. The molecule has 3 rings (SSSR count). The van der Waals surface area contributed by atoms with E-state index in [0.717, 1.165) is 5.82 Å². The van der Waals surface area contributed by atoms with Crippen LogP contribution in [0.25, 0.3) is 0 Å². The zero-order chi connectivity index (χ0) is 19.4. The standard InChI is InChI=1S/C17H16Cl2F2N4O2/c18-12-9-11(1-2-13(12)27-17(20)21)22-16(26)10-5-7-25(8-6-10)15-4-3-14(19)23-24-15/h1-4,9-10,17H,5-8H2,(H,22,26). The molecule has 0 spiro atoms. The van der Waals surface area contributed by atoms with Crippen molar-refractivity contribution in [2.24, 2.45) is 5.92 Å². The predicted molar refractivity (Wildman–Crippen MR) is 98.7 cm³/mol. The van der Waals surface area contributed by atoms with E-state index in [1.807, 2.05) is 4.90 Å². The molecular formula is C17H16Cl2F2N4O2. The molecular weight excluding hydrogens is 401 g/mol. The summed E-state index contributed by atoms with van der Waals surface area (Å²) in [6.07, 6.45) is 1.30. The molecule has 1 aliphatic rings. The number of nitrogens with one attached hydrogen (secondary N) is 1. The summed E-state index contributed by atoms with van der Waals surface area (Å²) in [6.45, 7) is -1.63. The Hall–Kier alpha value is -2.19. The summed E-state index contributed by atoms with van der Waals surface area (Å²) in [7, 11) is 0. The number of benzene rings is 1. The molecule has 2 heterocycles. The van der Waals surface area contributed by atoms with Crippen LogP contribution in [0.5, 0.6) is 5.75 Å². The molecule has 6 nitrogen and oxygen atoms in total. The third-order valence-corrected chi connectivity index (χ3v) is 4.72. The molecule has 27 heavy (non-hydrogen) atoms. The molecule has 0 aliphatic carbocycles. The lowest BCUT2D eigenvalue weighted by molar-refractivity contribution is -0.120. The summed E-state index contributed by atoms with van der Waals surface area (Å²) in [5.41, 5.74) is 0.428. The highest BCUT2D eigenvalue weighted by Crippen LogP contribution is 2.30. The largest absolute Gasteiger partial charge is 0.433 e. The van der Waals surface area contributed by atoms with Gasteiger partial charge in [0.1, 0.15) is 5.75 Å². The monoisotopic (exact) mass is 416 g/mol. The molecule has 0 unspecified atom stereocenters. The topological polar surface area (TPSA) is 67.3 Å². The predicted octanol–water partition coefficient (Wildman–Crippen LogP) is 4.24. The van der Waals surface area contributed by atoms with Crippen molar-refractivity contribution < 1.29 is 18.3 Å². The second-order valence-electron chi connectivity index (χ2n) is 5.99. The van der Waals surface area contributed by atoms with E-state index in [9.17, 15) is 13.6 Å². The number of hydrogen-bond donors (Lipinski definition) is 1. The van der Waals surface area contributed by atoms with Crippen molar-refractivity contribution in [2.75, 3.05) is 23.3 Å². The lowest BCUT2D eigenvalue weighted by Crippen LogP contribution is -2.38. The number of rotatable bonds is 5. The maximum atomic E-state index is 12.5. The van der Waals surface area contributed by atoms with Gasteiger partial charge >= 0.3 is 6.61 Å². The summed E-state index contributed by atoms with van der Waals surface area (Å²) >= 11 is 11.6. The van der Waals surface area contributed by atoms with Crippen molar-refractivity contribution in [3.63, 3.8) is 0 Å². The van der Waals surface area contributed by atoms with Crippen molar-refractivity contribution in [2.45, 2.75) is 19.5 Å². The SMILES string of the molecule is O=C(Nc1ccc(OC(F)F)c(Cl)c1)C1CCN(c2ccc(Cl)nn2)CC1. The molecule has 2 aromatic rings. The normalized spacial score (nSPS) is 15.1. The number of carbonyl (C=O) groups excluding carboxylic acids is 1. The average Bonchev–Trinajstić information content (AvgIpc) is 2.64. The molecule has 0 radical (unpaired) electrons. The third kappa shape index (κ3) is 5.17. The van der Waals surface area contributed by atoms with Gasteiger partial charge in [-0.3, -0.25) is 4.79 Å². The second-order valence-corrected chi connectivity index (χ2v) is 6.78. The number of halogens is 4. The number of nitrogens with zero attached hydrogens (tertiary/aromatic N) is 3. The van der Waals surface area contributed by atoms with E-state index in [1.165, 1.54) is 18.2 Å². The lowest BCUT2D eigenvalue weighted by atomic mass is 9.96. The van der Waals surface area contributed by atoms with Crippen LogP contribution >= 0.6 is 23.2 Å². The van der Waals surface area contributed by atoms with Crippen LogP contribution in [-0.2, 0) is 4.79 Å². The minimum atomic E-state index is -2.96. The Morgan fingerprint density at radius 2 is 1.93 bits per heavy atom. The molecule has 1 saturated heterocycles. The van der Waals surface area contributed by atoms with Crippen LogP contribution < -0.4 is 15.0 Å². The van der Waals surface area contributed by atoms with Gasteiger partial charge in [-0.05, 0) is 43.2 Å². The Kier molecular flexibility index (Phi) is 6.28. The van der Waals surface area contributed by atoms with Crippen molar-refractivity contribution in [1.29, 1.82) is 0 Å². The third-order valence-electron chi connectivity index (χ3n) is 4.22. The molecule has 1 aliphatic heterocycles. The van der Waals surface area contributed by atoms with Crippen molar-refractivity contribution in [3.8, 4) is 5.75 Å². The Morgan fingerprint density at radius 1 is 1.19 bits per heavy atom. The number of ether oxygens (including phenoxy) is 1. The van der Waals surface area contributed by atoms with E-state index < -0.39 is 6.61 Å². The first-order valence-corrected chi connectivity index (χ1v) is 8.97. The smallest absolute Gasteiger partial charge is 0.387 e. The van der Waals surface area contributed by atoms with Crippen LogP contribution in [0.3, 0.4) is 0 Å².